The lowest BCUT2D eigenvalue weighted by atomic mass is 9.99. The molecule has 0 aromatic heterocycles. The van der Waals surface area contributed by atoms with Crippen molar-refractivity contribution in [2.45, 2.75) is 12.5 Å². The second-order valence-electron chi connectivity index (χ2n) is 4.50. The molecule has 1 fully saturated rings. The van der Waals surface area contributed by atoms with Gasteiger partial charge in [0, 0.05) is 24.2 Å². The summed E-state index contributed by atoms with van der Waals surface area (Å²) in [7, 11) is 2.99. The summed E-state index contributed by atoms with van der Waals surface area (Å²) in [5.41, 5.74) is 0.740. The number of ether oxygens (including phenoxy) is 2. The summed E-state index contributed by atoms with van der Waals surface area (Å²) in [4.78, 5) is 11.0. The number of carboxylic acids is 1. The smallest absolute Gasteiger partial charge is 0.307 e. The third-order valence-electron chi connectivity index (χ3n) is 3.39. The molecule has 1 aromatic rings. The van der Waals surface area contributed by atoms with E-state index in [1.807, 2.05) is 0 Å². The zero-order valence-corrected chi connectivity index (χ0v) is 10.8. The highest BCUT2D eigenvalue weighted by atomic mass is 16.5. The number of phenolic OH excluding ortho intramolecular Hbond substituents is 1. The van der Waals surface area contributed by atoms with Crippen LogP contribution in [0.3, 0.4) is 0 Å². The lowest BCUT2D eigenvalue weighted by Crippen LogP contribution is -2.17. The number of aliphatic carboxylic acids is 1. The topological polar surface area (TPSA) is 88.0 Å². The monoisotopic (exact) mass is 267 g/mol. The second kappa shape index (κ2) is 5.36. The van der Waals surface area contributed by atoms with Crippen LogP contribution in [0.4, 0.5) is 0 Å². The largest absolute Gasteiger partial charge is 0.504 e. The van der Waals surface area contributed by atoms with Crippen LogP contribution in [0.25, 0.3) is 0 Å². The van der Waals surface area contributed by atoms with E-state index in [4.69, 9.17) is 14.6 Å². The maximum absolute atomic E-state index is 11.0. The molecule has 2 atom stereocenters. The van der Waals surface area contributed by atoms with E-state index in [1.165, 1.54) is 14.2 Å². The molecule has 0 amide bonds. The molecule has 104 valence electrons. The normalized spacial score (nSPS) is 22.2. The summed E-state index contributed by atoms with van der Waals surface area (Å²) in [5, 5.41) is 22.0. The summed E-state index contributed by atoms with van der Waals surface area (Å²) in [6, 6.07) is 3.01. The zero-order chi connectivity index (χ0) is 14.0. The molecule has 1 saturated heterocycles. The molecule has 1 heterocycles. The fourth-order valence-corrected chi connectivity index (χ4v) is 2.34. The van der Waals surface area contributed by atoms with Gasteiger partial charge in [-0.2, -0.15) is 0 Å². The lowest BCUT2D eigenvalue weighted by molar-refractivity contribution is -0.141. The van der Waals surface area contributed by atoms with Gasteiger partial charge >= 0.3 is 5.97 Å². The van der Waals surface area contributed by atoms with Gasteiger partial charge in [0.25, 0.3) is 0 Å². The Morgan fingerprint density at radius 2 is 2.00 bits per heavy atom. The molecule has 2 unspecified atom stereocenters. The van der Waals surface area contributed by atoms with Crippen LogP contribution < -0.4 is 14.8 Å². The van der Waals surface area contributed by atoms with E-state index in [0.717, 1.165) is 5.56 Å². The van der Waals surface area contributed by atoms with Gasteiger partial charge in [-0.3, -0.25) is 4.79 Å². The number of nitrogens with one attached hydrogen (secondary N) is 1. The minimum Gasteiger partial charge on any atom is -0.504 e. The molecule has 1 aliphatic heterocycles. The van der Waals surface area contributed by atoms with Crippen LogP contribution in [0.2, 0.25) is 0 Å². The molecule has 0 spiro atoms. The van der Waals surface area contributed by atoms with Gasteiger partial charge in [0.15, 0.2) is 11.5 Å². The maximum Gasteiger partial charge on any atom is 0.307 e. The van der Waals surface area contributed by atoms with Crippen LogP contribution >= 0.6 is 0 Å². The molecule has 0 bridgehead atoms. The first kappa shape index (κ1) is 13.5. The van der Waals surface area contributed by atoms with Crippen LogP contribution in [-0.4, -0.2) is 36.9 Å². The second-order valence-corrected chi connectivity index (χ2v) is 4.50. The highest BCUT2D eigenvalue weighted by molar-refractivity contribution is 5.71. The van der Waals surface area contributed by atoms with Gasteiger partial charge in [0.05, 0.1) is 20.1 Å². The predicted molar refractivity (Wildman–Crippen MR) is 67.7 cm³/mol. The van der Waals surface area contributed by atoms with E-state index < -0.39 is 11.9 Å². The number of methoxy groups -OCH3 is 2. The Kier molecular flexibility index (Phi) is 3.80. The van der Waals surface area contributed by atoms with Gasteiger partial charge in [-0.05, 0) is 12.5 Å². The van der Waals surface area contributed by atoms with Crippen LogP contribution in [0, 0.1) is 5.92 Å². The SMILES string of the molecule is COc1cc(OC)c(C2CC(C(=O)O)CN2)cc1O. The van der Waals surface area contributed by atoms with Crippen molar-refractivity contribution < 1.29 is 24.5 Å². The number of phenols is 1. The maximum atomic E-state index is 11.0. The fraction of sp³-hybridized carbons (Fsp3) is 0.462. The molecule has 6 nitrogen and oxygen atoms in total. The number of benzene rings is 1. The van der Waals surface area contributed by atoms with Crippen LogP contribution in [0.15, 0.2) is 12.1 Å². The molecular weight excluding hydrogens is 250 g/mol. The number of hydrogen-bond donors (Lipinski definition) is 3. The number of carboxylic acid groups (broad SMARTS) is 1. The van der Waals surface area contributed by atoms with Crippen molar-refractivity contribution in [3.05, 3.63) is 17.7 Å². The van der Waals surface area contributed by atoms with Gasteiger partial charge in [-0.25, -0.2) is 0 Å². The fourth-order valence-electron chi connectivity index (χ4n) is 2.34. The summed E-state index contributed by atoms with van der Waals surface area (Å²) in [6.45, 7) is 0.413. The van der Waals surface area contributed by atoms with E-state index in [-0.39, 0.29) is 11.8 Å². The molecule has 0 aliphatic carbocycles. The standard InChI is InChI=1S/C13H17NO5/c1-18-11-5-12(19-2)10(15)4-8(11)9-3-7(6-14-9)13(16)17/h4-5,7,9,14-15H,3,6H2,1-2H3,(H,16,17). The highest BCUT2D eigenvalue weighted by Crippen LogP contribution is 2.40. The van der Waals surface area contributed by atoms with Crippen molar-refractivity contribution in [1.29, 1.82) is 0 Å². The van der Waals surface area contributed by atoms with E-state index in [9.17, 15) is 9.90 Å². The van der Waals surface area contributed by atoms with Gasteiger partial charge < -0.3 is 25.0 Å². The molecule has 6 heteroatoms. The lowest BCUT2D eigenvalue weighted by Gasteiger charge is -2.17. The van der Waals surface area contributed by atoms with Crippen molar-refractivity contribution in [2.75, 3.05) is 20.8 Å². The Hall–Kier alpha value is -1.95. The Morgan fingerprint density at radius 3 is 2.53 bits per heavy atom. The summed E-state index contributed by atoms with van der Waals surface area (Å²) in [6.07, 6.45) is 0.470. The average molecular weight is 267 g/mol. The van der Waals surface area contributed by atoms with Crippen molar-refractivity contribution in [1.82, 2.24) is 5.32 Å². The molecule has 0 radical (unpaired) electrons. The molecule has 19 heavy (non-hydrogen) atoms. The molecule has 3 N–H and O–H groups in total. The Labute approximate surface area is 111 Å². The van der Waals surface area contributed by atoms with Crippen LogP contribution in [0.1, 0.15) is 18.0 Å². The van der Waals surface area contributed by atoms with Crippen molar-refractivity contribution in [2.24, 2.45) is 5.92 Å². The van der Waals surface area contributed by atoms with E-state index in [0.29, 0.717) is 24.5 Å². The Bertz CT molecular complexity index is 488. The first-order valence-electron chi connectivity index (χ1n) is 5.98. The predicted octanol–water partition coefficient (Wildman–Crippen LogP) is 1.14. The van der Waals surface area contributed by atoms with Gasteiger partial charge in [-0.15, -0.1) is 0 Å². The first-order chi connectivity index (χ1) is 9.06. The molecule has 1 aliphatic rings. The van der Waals surface area contributed by atoms with Crippen LogP contribution in [0.5, 0.6) is 17.2 Å². The summed E-state index contributed by atoms with van der Waals surface area (Å²) >= 11 is 0. The van der Waals surface area contributed by atoms with E-state index >= 15 is 0 Å². The highest BCUT2D eigenvalue weighted by Gasteiger charge is 2.32. The minimum absolute atomic E-state index is 0.0128. The molecule has 2 rings (SSSR count). The Morgan fingerprint density at radius 1 is 1.32 bits per heavy atom. The quantitative estimate of drug-likeness (QED) is 0.758. The number of aromatic hydroxyl groups is 1. The van der Waals surface area contributed by atoms with Gasteiger partial charge in [-0.1, -0.05) is 0 Å². The number of carbonyl (C=O) groups is 1. The summed E-state index contributed by atoms with van der Waals surface area (Å²) < 4.78 is 10.3. The number of rotatable bonds is 4. The van der Waals surface area contributed by atoms with Crippen LogP contribution in [-0.2, 0) is 4.79 Å². The van der Waals surface area contributed by atoms with E-state index in [1.54, 1.807) is 12.1 Å². The third kappa shape index (κ3) is 2.58. The Balaban J connectivity index is 2.30. The average Bonchev–Trinajstić information content (AvgIpc) is 2.88. The molecule has 0 saturated carbocycles. The van der Waals surface area contributed by atoms with Gasteiger partial charge in [0.1, 0.15) is 5.75 Å². The molecule has 1 aromatic carbocycles. The minimum atomic E-state index is -0.813. The summed E-state index contributed by atoms with van der Waals surface area (Å²) in [5.74, 6) is -0.323. The van der Waals surface area contributed by atoms with Crippen molar-refractivity contribution in [3.8, 4) is 17.2 Å². The van der Waals surface area contributed by atoms with Crippen molar-refractivity contribution >= 4 is 5.97 Å². The van der Waals surface area contributed by atoms with Gasteiger partial charge in [0.2, 0.25) is 0 Å². The first-order valence-corrected chi connectivity index (χ1v) is 5.98. The number of hydrogen-bond acceptors (Lipinski definition) is 5. The molecular formula is C13H17NO5. The van der Waals surface area contributed by atoms with E-state index in [2.05, 4.69) is 5.32 Å². The van der Waals surface area contributed by atoms with Crippen molar-refractivity contribution in [3.63, 3.8) is 0 Å². The zero-order valence-electron chi connectivity index (χ0n) is 10.8. The third-order valence-corrected chi connectivity index (χ3v) is 3.39.